The van der Waals surface area contributed by atoms with Crippen LogP contribution in [0.2, 0.25) is 10.0 Å². The Morgan fingerprint density at radius 1 is 1.17 bits per heavy atom. The zero-order chi connectivity index (χ0) is 22.1. The molecule has 0 radical (unpaired) electrons. The molecule has 0 aliphatic heterocycles. The molecule has 0 unspecified atom stereocenters. The van der Waals surface area contributed by atoms with Crippen LogP contribution < -0.4 is 10.6 Å². The van der Waals surface area contributed by atoms with E-state index in [0.29, 0.717) is 17.1 Å². The molecule has 3 rings (SSSR count). The molecule has 2 heterocycles. The second kappa shape index (κ2) is 8.41. The number of carboxylic acids is 1. The van der Waals surface area contributed by atoms with Gasteiger partial charge in [-0.25, -0.2) is 4.79 Å². The Hall–Kier alpha value is -2.97. The van der Waals surface area contributed by atoms with E-state index in [1.165, 1.54) is 24.7 Å². The standard InChI is InChI=1S/C20H18Cl2N4O4/c1-20(2)15(6-16(20)27)26-14(19(29)30)5-10-3-4-11(7-24-10)25-18(28)17-12(21)8-23-9-13(17)22/h3-4,6-9,14,26H,5H2,1-2H3,(H,25,28)(H,29,30)/t14-/m0/s1. The highest BCUT2D eigenvalue weighted by Crippen LogP contribution is 2.35. The van der Waals surface area contributed by atoms with E-state index in [1.807, 2.05) is 0 Å². The van der Waals surface area contributed by atoms with Gasteiger partial charge in [0.2, 0.25) is 0 Å². The number of amides is 1. The van der Waals surface area contributed by atoms with Crippen LogP contribution in [0.1, 0.15) is 29.9 Å². The first-order chi connectivity index (χ1) is 14.1. The van der Waals surface area contributed by atoms with Crippen molar-refractivity contribution in [1.29, 1.82) is 0 Å². The summed E-state index contributed by atoms with van der Waals surface area (Å²) in [7, 11) is 0. The third-order valence-corrected chi connectivity index (χ3v) is 5.34. The maximum absolute atomic E-state index is 12.4. The van der Waals surface area contributed by atoms with Gasteiger partial charge in [-0.05, 0) is 26.0 Å². The maximum atomic E-state index is 12.4. The fourth-order valence-electron chi connectivity index (χ4n) is 2.81. The van der Waals surface area contributed by atoms with Gasteiger partial charge in [-0.15, -0.1) is 0 Å². The van der Waals surface area contributed by atoms with E-state index in [0.717, 1.165) is 0 Å². The quantitative estimate of drug-likeness (QED) is 0.594. The molecular weight excluding hydrogens is 431 g/mol. The SMILES string of the molecule is CC1(C)C(=O)C=C1N[C@@H](Cc1ccc(NC(=O)c2c(Cl)cncc2Cl)cn1)C(=O)O. The zero-order valence-corrected chi connectivity index (χ0v) is 17.6. The van der Waals surface area contributed by atoms with Gasteiger partial charge < -0.3 is 15.7 Å². The molecule has 8 nitrogen and oxygen atoms in total. The molecule has 2 aromatic rings. The summed E-state index contributed by atoms with van der Waals surface area (Å²) >= 11 is 12.0. The summed E-state index contributed by atoms with van der Waals surface area (Å²) < 4.78 is 0. The normalized spacial score (nSPS) is 15.6. The van der Waals surface area contributed by atoms with Crippen molar-refractivity contribution >= 4 is 46.5 Å². The van der Waals surface area contributed by atoms with E-state index >= 15 is 0 Å². The van der Waals surface area contributed by atoms with E-state index in [2.05, 4.69) is 20.6 Å². The molecule has 0 saturated heterocycles. The predicted molar refractivity (Wildman–Crippen MR) is 112 cm³/mol. The van der Waals surface area contributed by atoms with Crippen LogP contribution in [0.4, 0.5) is 5.69 Å². The highest BCUT2D eigenvalue weighted by molar-refractivity contribution is 6.40. The summed E-state index contributed by atoms with van der Waals surface area (Å²) in [6.07, 6.45) is 5.53. The van der Waals surface area contributed by atoms with Gasteiger partial charge in [0.05, 0.1) is 32.9 Å². The number of aromatic nitrogens is 2. The number of halogens is 2. The van der Waals surface area contributed by atoms with Crippen LogP contribution in [0.15, 0.2) is 42.5 Å². The van der Waals surface area contributed by atoms with Crippen molar-refractivity contribution < 1.29 is 19.5 Å². The summed E-state index contributed by atoms with van der Waals surface area (Å²) in [5.41, 5.74) is 0.844. The molecule has 0 fully saturated rings. The number of carbonyl (C=O) groups is 3. The minimum Gasteiger partial charge on any atom is -0.480 e. The molecule has 10 heteroatoms. The number of allylic oxidation sites excluding steroid dienone is 2. The van der Waals surface area contributed by atoms with E-state index < -0.39 is 23.3 Å². The third kappa shape index (κ3) is 4.44. The number of ketones is 1. The number of aliphatic carboxylic acids is 1. The molecule has 0 spiro atoms. The Bertz CT molecular complexity index is 1030. The van der Waals surface area contributed by atoms with Gasteiger partial charge in [-0.3, -0.25) is 19.6 Å². The molecule has 1 aliphatic rings. The Morgan fingerprint density at radius 2 is 1.83 bits per heavy atom. The van der Waals surface area contributed by atoms with Gasteiger partial charge >= 0.3 is 5.97 Å². The monoisotopic (exact) mass is 448 g/mol. The molecular formula is C20H18Cl2N4O4. The lowest BCUT2D eigenvalue weighted by molar-refractivity contribution is -0.139. The lowest BCUT2D eigenvalue weighted by Crippen LogP contribution is -2.48. The second-order valence-electron chi connectivity index (χ2n) is 7.26. The van der Waals surface area contributed by atoms with Crippen LogP contribution in [0.3, 0.4) is 0 Å². The molecule has 0 aromatic carbocycles. The van der Waals surface area contributed by atoms with Crippen molar-refractivity contribution in [2.24, 2.45) is 5.41 Å². The minimum atomic E-state index is -1.06. The smallest absolute Gasteiger partial charge is 0.326 e. The van der Waals surface area contributed by atoms with Crippen LogP contribution in [0.5, 0.6) is 0 Å². The summed E-state index contributed by atoms with van der Waals surface area (Å²) in [6.45, 7) is 3.46. The van der Waals surface area contributed by atoms with Gasteiger partial charge in [-0.2, -0.15) is 0 Å². The van der Waals surface area contributed by atoms with E-state index in [-0.39, 0.29) is 27.8 Å². The lowest BCUT2D eigenvalue weighted by Gasteiger charge is -2.35. The molecule has 3 N–H and O–H groups in total. The fourth-order valence-corrected chi connectivity index (χ4v) is 3.34. The predicted octanol–water partition coefficient (Wildman–Crippen LogP) is 3.11. The number of hydrogen-bond donors (Lipinski definition) is 3. The second-order valence-corrected chi connectivity index (χ2v) is 8.07. The van der Waals surface area contributed by atoms with Gasteiger partial charge in [0, 0.05) is 36.3 Å². The van der Waals surface area contributed by atoms with Crippen LogP contribution >= 0.6 is 23.2 Å². The molecule has 1 amide bonds. The first-order valence-corrected chi connectivity index (χ1v) is 9.66. The number of nitrogens with zero attached hydrogens (tertiary/aromatic N) is 2. The highest BCUT2D eigenvalue weighted by atomic mass is 35.5. The van der Waals surface area contributed by atoms with Crippen molar-refractivity contribution in [2.75, 3.05) is 5.32 Å². The van der Waals surface area contributed by atoms with Crippen molar-refractivity contribution in [1.82, 2.24) is 15.3 Å². The molecule has 30 heavy (non-hydrogen) atoms. The lowest BCUT2D eigenvalue weighted by atomic mass is 9.74. The third-order valence-electron chi connectivity index (χ3n) is 4.77. The van der Waals surface area contributed by atoms with Crippen molar-refractivity contribution in [2.45, 2.75) is 26.3 Å². The van der Waals surface area contributed by atoms with E-state index in [9.17, 15) is 19.5 Å². The average Bonchev–Trinajstić information content (AvgIpc) is 2.68. The Balaban J connectivity index is 1.67. The summed E-state index contributed by atoms with van der Waals surface area (Å²) in [4.78, 5) is 43.6. The number of anilines is 1. The van der Waals surface area contributed by atoms with Crippen molar-refractivity contribution in [3.05, 3.63) is 63.8 Å². The number of nitrogens with one attached hydrogen (secondary N) is 2. The summed E-state index contributed by atoms with van der Waals surface area (Å²) in [6, 6.07) is 2.25. The molecule has 2 aromatic heterocycles. The fraction of sp³-hybridized carbons (Fsp3) is 0.250. The Labute approximate surface area is 182 Å². The zero-order valence-electron chi connectivity index (χ0n) is 16.1. The minimum absolute atomic E-state index is 0.0539. The van der Waals surface area contributed by atoms with Crippen LogP contribution in [-0.4, -0.2) is 38.8 Å². The summed E-state index contributed by atoms with van der Waals surface area (Å²) in [5.74, 6) is -1.63. The van der Waals surface area contributed by atoms with Gasteiger partial charge in [-0.1, -0.05) is 23.2 Å². The number of hydrogen-bond acceptors (Lipinski definition) is 6. The van der Waals surface area contributed by atoms with Crippen molar-refractivity contribution in [3.8, 4) is 0 Å². The first kappa shape index (κ1) is 21.7. The average molecular weight is 449 g/mol. The number of carbonyl (C=O) groups excluding carboxylic acids is 2. The highest BCUT2D eigenvalue weighted by Gasteiger charge is 2.40. The van der Waals surface area contributed by atoms with E-state index in [4.69, 9.17) is 23.2 Å². The van der Waals surface area contributed by atoms with Gasteiger partial charge in [0.15, 0.2) is 5.78 Å². The Morgan fingerprint density at radius 3 is 2.33 bits per heavy atom. The largest absolute Gasteiger partial charge is 0.480 e. The number of carboxylic acid groups (broad SMARTS) is 1. The van der Waals surface area contributed by atoms with Gasteiger partial charge in [0.1, 0.15) is 6.04 Å². The number of pyridine rings is 2. The van der Waals surface area contributed by atoms with Crippen LogP contribution in [0.25, 0.3) is 0 Å². The topological polar surface area (TPSA) is 121 Å². The van der Waals surface area contributed by atoms with Crippen LogP contribution in [-0.2, 0) is 16.0 Å². The molecule has 1 atom stereocenters. The first-order valence-electron chi connectivity index (χ1n) is 8.91. The molecule has 156 valence electrons. The van der Waals surface area contributed by atoms with Gasteiger partial charge in [0.25, 0.3) is 5.91 Å². The Kier molecular flexibility index (Phi) is 6.09. The van der Waals surface area contributed by atoms with Crippen LogP contribution in [0, 0.1) is 5.41 Å². The maximum Gasteiger partial charge on any atom is 0.326 e. The van der Waals surface area contributed by atoms with Crippen molar-refractivity contribution in [3.63, 3.8) is 0 Å². The summed E-state index contributed by atoms with van der Waals surface area (Å²) in [5, 5.41) is 15.3. The molecule has 0 bridgehead atoms. The number of rotatable bonds is 7. The van der Waals surface area contributed by atoms with E-state index in [1.54, 1.807) is 26.0 Å². The molecule has 1 aliphatic carbocycles. The molecule has 0 saturated carbocycles.